The molecule has 0 radical (unpaired) electrons. The minimum Gasteiger partial charge on any atom is -0.313 e. The van der Waals surface area contributed by atoms with Gasteiger partial charge in [0.25, 0.3) is 11.5 Å². The molecule has 2 aromatic rings. The van der Waals surface area contributed by atoms with Gasteiger partial charge in [-0.2, -0.15) is 10.1 Å². The molecule has 0 aliphatic heterocycles. The lowest BCUT2D eigenvalue weighted by molar-refractivity contribution is 0.102. The van der Waals surface area contributed by atoms with Crippen molar-refractivity contribution >= 4 is 11.9 Å². The Kier molecular flexibility index (Phi) is 2.34. The molecule has 16 heavy (non-hydrogen) atoms. The molecular weight excluding hydrogens is 216 g/mol. The van der Waals surface area contributed by atoms with Gasteiger partial charge in [0.05, 0.1) is 0 Å². The van der Waals surface area contributed by atoms with E-state index in [1.165, 1.54) is 6.33 Å². The Balaban J connectivity index is 2.28. The van der Waals surface area contributed by atoms with Crippen LogP contribution in [0.2, 0.25) is 0 Å². The highest BCUT2D eigenvalue weighted by molar-refractivity contribution is 6.02. The zero-order valence-electron chi connectivity index (χ0n) is 7.77. The molecule has 1 amide bonds. The maximum absolute atomic E-state index is 11.5. The molecule has 0 fully saturated rings. The van der Waals surface area contributed by atoms with E-state index in [-0.39, 0.29) is 11.5 Å². The lowest BCUT2D eigenvalue weighted by Crippen LogP contribution is -2.29. The van der Waals surface area contributed by atoms with E-state index >= 15 is 0 Å². The van der Waals surface area contributed by atoms with Crippen LogP contribution < -0.4 is 16.6 Å². The molecule has 0 bridgehead atoms. The van der Waals surface area contributed by atoms with Crippen LogP contribution in [0, 0.1) is 0 Å². The number of hydrogen-bond acceptors (Lipinski definition) is 5. The number of nitrogens with zero attached hydrogens (tertiary/aromatic N) is 2. The van der Waals surface area contributed by atoms with Gasteiger partial charge in [0.1, 0.15) is 11.9 Å². The van der Waals surface area contributed by atoms with Crippen molar-refractivity contribution in [1.29, 1.82) is 0 Å². The fraction of sp³-hybridized carbons (Fsp3) is 0. The number of hydrogen-bond donors (Lipinski definition) is 4. The predicted octanol–water partition coefficient (Wildman–Crippen LogP) is -1.57. The van der Waals surface area contributed by atoms with E-state index in [1.807, 2.05) is 4.98 Å². The van der Waals surface area contributed by atoms with Crippen LogP contribution in [0.4, 0.5) is 5.95 Å². The van der Waals surface area contributed by atoms with Crippen LogP contribution in [0.3, 0.4) is 0 Å². The average Bonchev–Trinajstić information content (AvgIpc) is 2.70. The third kappa shape index (κ3) is 1.87. The fourth-order valence-corrected chi connectivity index (χ4v) is 1.02. The average molecular weight is 222 g/mol. The number of aromatic nitrogens is 5. The van der Waals surface area contributed by atoms with Crippen LogP contribution in [0.1, 0.15) is 10.4 Å². The highest BCUT2D eigenvalue weighted by Gasteiger charge is 2.11. The van der Waals surface area contributed by atoms with Crippen molar-refractivity contribution in [2.24, 2.45) is 0 Å². The van der Waals surface area contributed by atoms with Gasteiger partial charge in [-0.1, -0.05) is 0 Å². The SMILES string of the molecule is O=C(Nc1ncn[nH]1)c1c[nH]c(=O)[nH]c1=O. The molecule has 0 spiro atoms. The van der Waals surface area contributed by atoms with Crippen molar-refractivity contribution in [3.8, 4) is 0 Å². The van der Waals surface area contributed by atoms with E-state index in [9.17, 15) is 14.4 Å². The van der Waals surface area contributed by atoms with Crippen LogP contribution in [-0.2, 0) is 0 Å². The van der Waals surface area contributed by atoms with Crippen molar-refractivity contribution in [1.82, 2.24) is 25.1 Å². The predicted molar refractivity (Wildman–Crippen MR) is 52.0 cm³/mol. The highest BCUT2D eigenvalue weighted by Crippen LogP contribution is 1.95. The summed E-state index contributed by atoms with van der Waals surface area (Å²) >= 11 is 0. The van der Waals surface area contributed by atoms with E-state index in [0.29, 0.717) is 0 Å². The van der Waals surface area contributed by atoms with E-state index in [2.05, 4.69) is 25.5 Å². The van der Waals surface area contributed by atoms with Crippen LogP contribution in [0.5, 0.6) is 0 Å². The molecule has 0 saturated heterocycles. The minimum atomic E-state index is -0.777. The van der Waals surface area contributed by atoms with Crippen molar-refractivity contribution in [2.75, 3.05) is 5.32 Å². The monoisotopic (exact) mass is 222 g/mol. The second-order valence-corrected chi connectivity index (χ2v) is 2.77. The lowest BCUT2D eigenvalue weighted by atomic mass is 10.3. The maximum atomic E-state index is 11.5. The molecule has 0 unspecified atom stereocenters. The van der Waals surface area contributed by atoms with Gasteiger partial charge in [0, 0.05) is 6.20 Å². The van der Waals surface area contributed by atoms with Gasteiger partial charge in [0.15, 0.2) is 0 Å². The summed E-state index contributed by atoms with van der Waals surface area (Å²) < 4.78 is 0. The van der Waals surface area contributed by atoms with Crippen LogP contribution >= 0.6 is 0 Å². The van der Waals surface area contributed by atoms with Crippen molar-refractivity contribution in [3.05, 3.63) is 38.9 Å². The third-order valence-corrected chi connectivity index (χ3v) is 1.71. The first kappa shape index (κ1) is 9.83. The Bertz CT molecular complexity index is 610. The number of rotatable bonds is 2. The molecule has 2 aromatic heterocycles. The Morgan fingerprint density at radius 3 is 2.81 bits per heavy atom. The first-order valence-electron chi connectivity index (χ1n) is 4.15. The lowest BCUT2D eigenvalue weighted by Gasteiger charge is -1.98. The summed E-state index contributed by atoms with van der Waals surface area (Å²) in [6, 6.07) is 0. The molecule has 4 N–H and O–H groups in total. The molecule has 2 rings (SSSR count). The number of nitrogens with one attached hydrogen (secondary N) is 4. The summed E-state index contributed by atoms with van der Waals surface area (Å²) in [5.74, 6) is -0.593. The summed E-state index contributed by atoms with van der Waals surface area (Å²) in [7, 11) is 0. The van der Waals surface area contributed by atoms with Gasteiger partial charge in [-0.3, -0.25) is 19.9 Å². The Labute approximate surface area is 86.9 Å². The summed E-state index contributed by atoms with van der Waals surface area (Å²) in [4.78, 5) is 41.2. The molecule has 2 heterocycles. The molecular formula is C7H6N6O3. The minimum absolute atomic E-state index is 0.107. The van der Waals surface area contributed by atoms with Crippen LogP contribution in [0.25, 0.3) is 0 Å². The first-order valence-corrected chi connectivity index (χ1v) is 4.15. The number of aromatic amines is 3. The first-order chi connectivity index (χ1) is 7.66. The van der Waals surface area contributed by atoms with E-state index in [4.69, 9.17) is 0 Å². The largest absolute Gasteiger partial charge is 0.325 e. The zero-order valence-corrected chi connectivity index (χ0v) is 7.77. The van der Waals surface area contributed by atoms with Gasteiger partial charge < -0.3 is 4.98 Å². The number of carbonyl (C=O) groups excluding carboxylic acids is 1. The molecule has 0 aromatic carbocycles. The second-order valence-electron chi connectivity index (χ2n) is 2.77. The summed E-state index contributed by atoms with van der Waals surface area (Å²) in [6.45, 7) is 0. The van der Waals surface area contributed by atoms with Crippen LogP contribution in [0.15, 0.2) is 22.1 Å². The number of H-pyrrole nitrogens is 3. The summed E-state index contributed by atoms with van der Waals surface area (Å²) in [6.07, 6.45) is 2.22. The van der Waals surface area contributed by atoms with Gasteiger partial charge in [-0.25, -0.2) is 9.89 Å². The van der Waals surface area contributed by atoms with E-state index < -0.39 is 17.2 Å². The topological polar surface area (TPSA) is 136 Å². The molecule has 0 aliphatic carbocycles. The molecule has 0 aliphatic rings. The molecule has 0 atom stereocenters. The van der Waals surface area contributed by atoms with Gasteiger partial charge in [-0.15, -0.1) is 0 Å². The standard InChI is InChI=1S/C7H6N6O3/c14-4(11-6-9-2-10-13-6)3-1-8-7(16)12-5(3)15/h1-2H,(H2,8,12,15,16)(H2,9,10,11,13,14). The molecule has 82 valence electrons. The van der Waals surface area contributed by atoms with Crippen molar-refractivity contribution in [2.45, 2.75) is 0 Å². The quantitative estimate of drug-likeness (QED) is 0.486. The van der Waals surface area contributed by atoms with Crippen molar-refractivity contribution in [3.63, 3.8) is 0 Å². The number of carbonyl (C=O) groups is 1. The maximum Gasteiger partial charge on any atom is 0.325 e. The third-order valence-electron chi connectivity index (χ3n) is 1.71. The van der Waals surface area contributed by atoms with E-state index in [0.717, 1.165) is 6.20 Å². The zero-order chi connectivity index (χ0) is 11.5. The number of amides is 1. The van der Waals surface area contributed by atoms with Gasteiger partial charge in [0.2, 0.25) is 5.95 Å². The Morgan fingerprint density at radius 2 is 2.19 bits per heavy atom. The van der Waals surface area contributed by atoms with Gasteiger partial charge in [-0.05, 0) is 0 Å². The Morgan fingerprint density at radius 1 is 1.38 bits per heavy atom. The van der Waals surface area contributed by atoms with Crippen LogP contribution in [-0.4, -0.2) is 31.1 Å². The fourth-order valence-electron chi connectivity index (χ4n) is 1.02. The smallest absolute Gasteiger partial charge is 0.313 e. The number of anilines is 1. The van der Waals surface area contributed by atoms with Gasteiger partial charge >= 0.3 is 5.69 Å². The Hall–Kier alpha value is -2.71. The molecule has 0 saturated carbocycles. The van der Waals surface area contributed by atoms with E-state index in [1.54, 1.807) is 0 Å². The molecule has 9 nitrogen and oxygen atoms in total. The second kappa shape index (κ2) is 3.81. The highest BCUT2D eigenvalue weighted by atomic mass is 16.2. The summed E-state index contributed by atoms with van der Waals surface area (Å²) in [5.41, 5.74) is -1.68. The summed E-state index contributed by atoms with van der Waals surface area (Å²) in [5, 5.41) is 8.19. The normalized spacial score (nSPS) is 10.0. The molecule has 9 heteroatoms. The van der Waals surface area contributed by atoms with Crippen molar-refractivity contribution < 1.29 is 4.79 Å².